The summed E-state index contributed by atoms with van der Waals surface area (Å²) in [6, 6.07) is 0. The van der Waals surface area contributed by atoms with Gasteiger partial charge in [-0.3, -0.25) is 0 Å². The molecule has 0 unspecified atom stereocenters. The van der Waals surface area contributed by atoms with Crippen molar-refractivity contribution in [1.82, 2.24) is 5.32 Å². The van der Waals surface area contributed by atoms with Crippen LogP contribution in [0.1, 0.15) is 83.1 Å². The Bertz CT molecular complexity index is 463. The Morgan fingerprint density at radius 3 is 1.43 bits per heavy atom. The molecule has 0 fully saturated rings. The van der Waals surface area contributed by atoms with Crippen molar-refractivity contribution in [2.24, 2.45) is 16.2 Å². The van der Waals surface area contributed by atoms with E-state index in [4.69, 9.17) is 0 Å². The molecule has 0 aromatic heterocycles. The van der Waals surface area contributed by atoms with Crippen molar-refractivity contribution in [3.63, 3.8) is 0 Å². The quantitative estimate of drug-likeness (QED) is 0.570. The van der Waals surface area contributed by atoms with Gasteiger partial charge in [-0.15, -0.1) is 0 Å². The molecule has 0 bridgehead atoms. The lowest BCUT2D eigenvalue weighted by Crippen LogP contribution is -2.40. The zero-order chi connectivity index (χ0) is 17.0. The summed E-state index contributed by atoms with van der Waals surface area (Å²) in [6.07, 6.45) is 0. The van der Waals surface area contributed by atoms with E-state index >= 15 is 0 Å². The van der Waals surface area contributed by atoms with Gasteiger partial charge in [0.1, 0.15) is 0 Å². The maximum Gasteiger partial charge on any atom is 0.0540 e. The average molecular weight is 292 g/mol. The Balaban J connectivity index is 3.72. The highest BCUT2D eigenvalue weighted by molar-refractivity contribution is 5.51. The fourth-order valence-corrected chi connectivity index (χ4v) is 4.69. The highest BCUT2D eigenvalue weighted by atomic mass is 15.0. The van der Waals surface area contributed by atoms with E-state index < -0.39 is 0 Å². The molecule has 122 valence electrons. The highest BCUT2D eigenvalue weighted by Crippen LogP contribution is 2.49. The van der Waals surface area contributed by atoms with Gasteiger partial charge in [-0.05, 0) is 53.7 Å². The van der Waals surface area contributed by atoms with E-state index in [1.807, 2.05) is 0 Å². The molecule has 0 aromatic rings. The standard InChI is InChI=1S/C20H37N/c1-13-14(16(18(5,6)7)19(8,9)10)21-20(11,12)15(13)17(2,3)4/h21H,1-12H3. The fourth-order valence-electron chi connectivity index (χ4n) is 4.69. The first-order valence-electron chi connectivity index (χ1n) is 8.25. The lowest BCUT2D eigenvalue weighted by molar-refractivity contribution is 0.347. The van der Waals surface area contributed by atoms with E-state index in [1.54, 1.807) is 0 Å². The highest BCUT2D eigenvalue weighted by Gasteiger charge is 2.43. The van der Waals surface area contributed by atoms with Gasteiger partial charge in [0.25, 0.3) is 0 Å². The molecular formula is C20H37N. The minimum Gasteiger partial charge on any atom is -0.376 e. The van der Waals surface area contributed by atoms with Gasteiger partial charge in [-0.2, -0.15) is 0 Å². The molecular weight excluding hydrogens is 254 g/mol. The molecule has 1 aliphatic rings. The van der Waals surface area contributed by atoms with Gasteiger partial charge < -0.3 is 5.32 Å². The van der Waals surface area contributed by atoms with Crippen LogP contribution >= 0.6 is 0 Å². The second kappa shape index (κ2) is 4.89. The van der Waals surface area contributed by atoms with Crippen molar-refractivity contribution in [2.45, 2.75) is 88.6 Å². The van der Waals surface area contributed by atoms with Crippen LogP contribution in [0, 0.1) is 16.2 Å². The van der Waals surface area contributed by atoms with E-state index in [-0.39, 0.29) is 21.8 Å². The van der Waals surface area contributed by atoms with Gasteiger partial charge in [0.15, 0.2) is 0 Å². The van der Waals surface area contributed by atoms with Crippen molar-refractivity contribution in [3.8, 4) is 0 Å². The molecule has 0 amide bonds. The Morgan fingerprint density at radius 1 is 0.810 bits per heavy atom. The van der Waals surface area contributed by atoms with Gasteiger partial charge in [-0.1, -0.05) is 62.3 Å². The number of hydrogen-bond donors (Lipinski definition) is 1. The summed E-state index contributed by atoms with van der Waals surface area (Å²) in [6.45, 7) is 27.9. The lowest BCUT2D eigenvalue weighted by atomic mass is 9.69. The van der Waals surface area contributed by atoms with Crippen molar-refractivity contribution in [2.75, 3.05) is 0 Å². The molecule has 0 radical (unpaired) electrons. The van der Waals surface area contributed by atoms with Gasteiger partial charge in [0, 0.05) is 5.70 Å². The van der Waals surface area contributed by atoms with E-state index in [1.165, 1.54) is 22.4 Å². The molecule has 0 saturated carbocycles. The van der Waals surface area contributed by atoms with Crippen LogP contribution in [0.25, 0.3) is 0 Å². The Labute approximate surface area is 133 Å². The van der Waals surface area contributed by atoms with Crippen LogP contribution in [-0.2, 0) is 0 Å². The van der Waals surface area contributed by atoms with Gasteiger partial charge in [0.05, 0.1) is 5.54 Å². The molecule has 1 nitrogen and oxygen atoms in total. The molecule has 0 aliphatic carbocycles. The summed E-state index contributed by atoms with van der Waals surface area (Å²) in [7, 11) is 0. The minimum absolute atomic E-state index is 0.0272. The van der Waals surface area contributed by atoms with Gasteiger partial charge >= 0.3 is 0 Å². The summed E-state index contributed by atoms with van der Waals surface area (Å²) < 4.78 is 0. The van der Waals surface area contributed by atoms with Crippen molar-refractivity contribution in [1.29, 1.82) is 0 Å². The third kappa shape index (κ3) is 3.55. The Kier molecular flexibility index (Phi) is 4.27. The van der Waals surface area contributed by atoms with Crippen LogP contribution in [-0.4, -0.2) is 5.54 Å². The van der Waals surface area contributed by atoms with E-state index in [0.29, 0.717) is 0 Å². The zero-order valence-corrected chi connectivity index (χ0v) is 16.5. The van der Waals surface area contributed by atoms with E-state index in [9.17, 15) is 0 Å². The predicted octanol–water partition coefficient (Wildman–Crippen LogP) is 6.08. The molecule has 0 saturated heterocycles. The van der Waals surface area contributed by atoms with E-state index in [0.717, 1.165) is 0 Å². The fraction of sp³-hybridized carbons (Fsp3) is 0.800. The molecule has 1 rings (SSSR count). The summed E-state index contributed by atoms with van der Waals surface area (Å²) in [4.78, 5) is 0. The predicted molar refractivity (Wildman–Crippen MR) is 95.3 cm³/mol. The molecule has 1 heterocycles. The number of rotatable bonds is 0. The molecule has 21 heavy (non-hydrogen) atoms. The molecule has 0 atom stereocenters. The topological polar surface area (TPSA) is 12.0 Å². The largest absolute Gasteiger partial charge is 0.376 e. The third-order valence-corrected chi connectivity index (χ3v) is 4.31. The molecule has 1 heteroatoms. The first-order chi connectivity index (χ1) is 8.99. The lowest BCUT2D eigenvalue weighted by Gasteiger charge is -2.37. The smallest absolute Gasteiger partial charge is 0.0540 e. The maximum atomic E-state index is 3.86. The van der Waals surface area contributed by atoms with Crippen LogP contribution in [0.2, 0.25) is 0 Å². The number of nitrogens with one attached hydrogen (secondary N) is 1. The Hall–Kier alpha value is -0.720. The summed E-state index contributed by atoms with van der Waals surface area (Å²) >= 11 is 0. The van der Waals surface area contributed by atoms with Gasteiger partial charge in [-0.25, -0.2) is 0 Å². The minimum atomic E-state index is 0.0272. The second-order valence-corrected chi connectivity index (χ2v) is 10.2. The number of allylic oxidation sites excluding steroid dienone is 2. The Morgan fingerprint density at radius 2 is 1.19 bits per heavy atom. The number of hydrogen-bond acceptors (Lipinski definition) is 1. The maximum absolute atomic E-state index is 3.86. The van der Waals surface area contributed by atoms with Crippen LogP contribution < -0.4 is 5.32 Å². The first-order valence-corrected chi connectivity index (χ1v) is 8.25. The summed E-state index contributed by atoms with van der Waals surface area (Å²) in [5.74, 6) is 0. The monoisotopic (exact) mass is 291 g/mol. The SMILES string of the molecule is CC1=C(C(C)(C)C)C(C)(C)NC1=C(C(C)(C)C)C(C)(C)C. The van der Waals surface area contributed by atoms with Crippen LogP contribution in [0.4, 0.5) is 0 Å². The van der Waals surface area contributed by atoms with Gasteiger partial charge in [0.2, 0.25) is 0 Å². The van der Waals surface area contributed by atoms with Crippen LogP contribution in [0.15, 0.2) is 22.4 Å². The third-order valence-electron chi connectivity index (χ3n) is 4.31. The molecule has 1 aliphatic heterocycles. The first kappa shape index (κ1) is 18.3. The van der Waals surface area contributed by atoms with Crippen LogP contribution in [0.5, 0.6) is 0 Å². The average Bonchev–Trinajstić information content (AvgIpc) is 2.29. The second-order valence-electron chi connectivity index (χ2n) is 10.2. The molecule has 0 spiro atoms. The molecule has 1 N–H and O–H groups in total. The van der Waals surface area contributed by atoms with E-state index in [2.05, 4.69) is 88.4 Å². The summed E-state index contributed by atoms with van der Waals surface area (Å²) in [5, 5.41) is 3.86. The van der Waals surface area contributed by atoms with Crippen molar-refractivity contribution < 1.29 is 0 Å². The normalized spacial score (nSPS) is 19.9. The zero-order valence-electron chi connectivity index (χ0n) is 16.5. The summed E-state index contributed by atoms with van der Waals surface area (Å²) in [5.41, 5.74) is 6.42. The van der Waals surface area contributed by atoms with Crippen LogP contribution in [0.3, 0.4) is 0 Å². The van der Waals surface area contributed by atoms with Crippen molar-refractivity contribution in [3.05, 3.63) is 22.4 Å². The van der Waals surface area contributed by atoms with Crippen molar-refractivity contribution >= 4 is 0 Å². The molecule has 0 aromatic carbocycles.